The molecule has 0 aliphatic carbocycles. The molecule has 1 aromatic carbocycles. The smallest absolute Gasteiger partial charge is 0.275 e. The van der Waals surface area contributed by atoms with Gasteiger partial charge in [-0.3, -0.25) is 14.9 Å². The van der Waals surface area contributed by atoms with Gasteiger partial charge in [0.15, 0.2) is 0 Å². The molecule has 1 unspecified atom stereocenters. The fourth-order valence-corrected chi connectivity index (χ4v) is 1.91. The van der Waals surface area contributed by atoms with E-state index in [-0.39, 0.29) is 18.1 Å². The highest BCUT2D eigenvalue weighted by Crippen LogP contribution is 2.25. The third-order valence-corrected chi connectivity index (χ3v) is 3.23. The minimum atomic E-state index is -0.502. The SMILES string of the molecule is COCCNC(=O)C(C)NCc1c(Cl)cccc1[N+](=O)[O-]. The molecule has 2 N–H and O–H groups in total. The van der Waals surface area contributed by atoms with E-state index in [0.717, 1.165) is 0 Å². The molecule has 0 aromatic heterocycles. The molecule has 1 atom stereocenters. The largest absolute Gasteiger partial charge is 0.383 e. The van der Waals surface area contributed by atoms with Crippen molar-refractivity contribution in [1.29, 1.82) is 0 Å². The van der Waals surface area contributed by atoms with E-state index in [2.05, 4.69) is 10.6 Å². The quantitative estimate of drug-likeness (QED) is 0.430. The highest BCUT2D eigenvalue weighted by Gasteiger charge is 2.18. The van der Waals surface area contributed by atoms with Crippen LogP contribution in [0.4, 0.5) is 5.69 Å². The Labute approximate surface area is 127 Å². The molecule has 116 valence electrons. The molecule has 1 aromatic rings. The lowest BCUT2D eigenvalue weighted by molar-refractivity contribution is -0.385. The summed E-state index contributed by atoms with van der Waals surface area (Å²) in [6.07, 6.45) is 0. The average molecular weight is 316 g/mol. The van der Waals surface area contributed by atoms with E-state index in [1.165, 1.54) is 12.1 Å². The van der Waals surface area contributed by atoms with Gasteiger partial charge in [0.1, 0.15) is 0 Å². The standard InChI is InChI=1S/C13H18ClN3O4/c1-9(13(18)15-6-7-21-2)16-8-10-11(14)4-3-5-12(10)17(19)20/h3-5,9,16H,6-8H2,1-2H3,(H,15,18). The number of amides is 1. The molecule has 7 nitrogen and oxygen atoms in total. The zero-order chi connectivity index (χ0) is 15.8. The third-order valence-electron chi connectivity index (χ3n) is 2.87. The van der Waals surface area contributed by atoms with Crippen LogP contribution in [0.15, 0.2) is 18.2 Å². The Morgan fingerprint density at radius 3 is 2.86 bits per heavy atom. The van der Waals surface area contributed by atoms with Crippen molar-refractivity contribution in [2.24, 2.45) is 0 Å². The van der Waals surface area contributed by atoms with Crippen LogP contribution in [0.2, 0.25) is 5.02 Å². The lowest BCUT2D eigenvalue weighted by Crippen LogP contribution is -2.42. The first-order chi connectivity index (χ1) is 9.97. The molecule has 0 radical (unpaired) electrons. The van der Waals surface area contributed by atoms with Gasteiger partial charge in [0.25, 0.3) is 5.69 Å². The summed E-state index contributed by atoms with van der Waals surface area (Å²) in [4.78, 5) is 22.2. The topological polar surface area (TPSA) is 93.5 Å². The number of hydrogen-bond acceptors (Lipinski definition) is 5. The summed E-state index contributed by atoms with van der Waals surface area (Å²) in [6.45, 7) is 2.64. The molecule has 8 heteroatoms. The van der Waals surface area contributed by atoms with Gasteiger partial charge < -0.3 is 15.4 Å². The highest BCUT2D eigenvalue weighted by molar-refractivity contribution is 6.31. The van der Waals surface area contributed by atoms with Crippen LogP contribution in [0.1, 0.15) is 12.5 Å². The molecule has 0 saturated heterocycles. The third kappa shape index (κ3) is 5.30. The molecule has 0 bridgehead atoms. The fourth-order valence-electron chi connectivity index (χ4n) is 1.67. The van der Waals surface area contributed by atoms with Gasteiger partial charge in [-0.05, 0) is 13.0 Å². The molecule has 0 spiro atoms. The molecular formula is C13H18ClN3O4. The van der Waals surface area contributed by atoms with Crippen LogP contribution in [-0.2, 0) is 16.1 Å². The summed E-state index contributed by atoms with van der Waals surface area (Å²) in [6, 6.07) is 3.98. The number of ether oxygens (including phenoxy) is 1. The number of halogens is 1. The van der Waals surface area contributed by atoms with Gasteiger partial charge in [-0.1, -0.05) is 17.7 Å². The number of benzene rings is 1. The van der Waals surface area contributed by atoms with Crippen LogP contribution in [0, 0.1) is 10.1 Å². The fraction of sp³-hybridized carbons (Fsp3) is 0.462. The normalized spacial score (nSPS) is 12.0. The molecule has 0 saturated carbocycles. The van der Waals surface area contributed by atoms with Crippen molar-refractivity contribution in [3.8, 4) is 0 Å². The van der Waals surface area contributed by atoms with Crippen molar-refractivity contribution in [1.82, 2.24) is 10.6 Å². The van der Waals surface area contributed by atoms with Crippen LogP contribution in [0.3, 0.4) is 0 Å². The van der Waals surface area contributed by atoms with Gasteiger partial charge in [0.05, 0.1) is 28.2 Å². The van der Waals surface area contributed by atoms with E-state index >= 15 is 0 Å². The maximum atomic E-state index is 11.7. The number of nitro groups is 1. The van der Waals surface area contributed by atoms with Gasteiger partial charge in [-0.25, -0.2) is 0 Å². The maximum absolute atomic E-state index is 11.7. The predicted molar refractivity (Wildman–Crippen MR) is 79.3 cm³/mol. The maximum Gasteiger partial charge on any atom is 0.275 e. The van der Waals surface area contributed by atoms with E-state index in [1.54, 1.807) is 20.1 Å². The molecule has 0 heterocycles. The van der Waals surface area contributed by atoms with E-state index in [4.69, 9.17) is 16.3 Å². The van der Waals surface area contributed by atoms with E-state index in [9.17, 15) is 14.9 Å². The minimum absolute atomic E-state index is 0.0676. The zero-order valence-electron chi connectivity index (χ0n) is 11.9. The van der Waals surface area contributed by atoms with Gasteiger partial charge in [0, 0.05) is 26.3 Å². The van der Waals surface area contributed by atoms with Crippen molar-refractivity contribution in [3.05, 3.63) is 38.9 Å². The average Bonchev–Trinajstić information content (AvgIpc) is 2.45. The molecule has 1 amide bonds. The molecule has 21 heavy (non-hydrogen) atoms. The van der Waals surface area contributed by atoms with Crippen LogP contribution >= 0.6 is 11.6 Å². The number of methoxy groups -OCH3 is 1. The summed E-state index contributed by atoms with van der Waals surface area (Å²) in [7, 11) is 1.55. The van der Waals surface area contributed by atoms with Gasteiger partial charge in [-0.15, -0.1) is 0 Å². The lowest BCUT2D eigenvalue weighted by Gasteiger charge is -2.14. The van der Waals surface area contributed by atoms with Crippen molar-refractivity contribution in [3.63, 3.8) is 0 Å². The number of carbonyl (C=O) groups excluding carboxylic acids is 1. The van der Waals surface area contributed by atoms with Crippen LogP contribution in [0.5, 0.6) is 0 Å². The predicted octanol–water partition coefficient (Wildman–Crippen LogP) is 1.49. The highest BCUT2D eigenvalue weighted by atomic mass is 35.5. The molecule has 1 rings (SSSR count). The van der Waals surface area contributed by atoms with Gasteiger partial charge >= 0.3 is 0 Å². The first-order valence-corrected chi connectivity index (χ1v) is 6.77. The van der Waals surface area contributed by atoms with E-state index < -0.39 is 11.0 Å². The lowest BCUT2D eigenvalue weighted by atomic mass is 10.1. The van der Waals surface area contributed by atoms with Crippen LogP contribution < -0.4 is 10.6 Å². The Bertz CT molecular complexity index is 510. The summed E-state index contributed by atoms with van der Waals surface area (Å²) in [5, 5.41) is 16.8. The number of nitrogens with one attached hydrogen (secondary N) is 2. The van der Waals surface area contributed by atoms with Crippen molar-refractivity contribution in [2.75, 3.05) is 20.3 Å². The van der Waals surface area contributed by atoms with Crippen molar-refractivity contribution in [2.45, 2.75) is 19.5 Å². The van der Waals surface area contributed by atoms with Crippen LogP contribution in [0.25, 0.3) is 0 Å². The number of nitro benzene ring substituents is 1. The Hall–Kier alpha value is -1.70. The molecule has 0 fully saturated rings. The Morgan fingerprint density at radius 2 is 2.24 bits per heavy atom. The summed E-state index contributed by atoms with van der Waals surface area (Å²) >= 11 is 5.98. The first-order valence-electron chi connectivity index (χ1n) is 6.39. The van der Waals surface area contributed by atoms with Gasteiger partial charge in [0.2, 0.25) is 5.91 Å². The monoisotopic (exact) mass is 315 g/mol. The number of carbonyl (C=O) groups is 1. The zero-order valence-corrected chi connectivity index (χ0v) is 12.6. The second-order valence-corrected chi connectivity index (χ2v) is 4.79. The Balaban J connectivity index is 2.62. The van der Waals surface area contributed by atoms with Crippen molar-refractivity contribution < 1.29 is 14.5 Å². The second kappa shape index (κ2) is 8.56. The Kier molecular flexibility index (Phi) is 7.07. The summed E-state index contributed by atoms with van der Waals surface area (Å²) in [5.41, 5.74) is 0.294. The van der Waals surface area contributed by atoms with Crippen molar-refractivity contribution >= 4 is 23.2 Å². The van der Waals surface area contributed by atoms with E-state index in [1.807, 2.05) is 0 Å². The molecule has 0 aliphatic rings. The summed E-state index contributed by atoms with van der Waals surface area (Å²) in [5.74, 6) is -0.207. The Morgan fingerprint density at radius 1 is 1.52 bits per heavy atom. The first kappa shape index (κ1) is 17.4. The number of nitrogens with zero attached hydrogens (tertiary/aromatic N) is 1. The minimum Gasteiger partial charge on any atom is -0.383 e. The number of hydrogen-bond donors (Lipinski definition) is 2. The summed E-state index contributed by atoms with van der Waals surface area (Å²) < 4.78 is 4.83. The van der Waals surface area contributed by atoms with Gasteiger partial charge in [-0.2, -0.15) is 0 Å². The van der Waals surface area contributed by atoms with Crippen LogP contribution in [-0.4, -0.2) is 37.1 Å². The molecular weight excluding hydrogens is 298 g/mol. The second-order valence-electron chi connectivity index (χ2n) is 4.38. The molecule has 0 aliphatic heterocycles. The number of rotatable bonds is 8. The van der Waals surface area contributed by atoms with E-state index in [0.29, 0.717) is 23.7 Å².